The van der Waals surface area contributed by atoms with Crippen LogP contribution in [0.2, 0.25) is 10.0 Å². The van der Waals surface area contributed by atoms with E-state index in [4.69, 9.17) is 23.2 Å². The highest BCUT2D eigenvalue weighted by atomic mass is 35.5. The lowest BCUT2D eigenvalue weighted by molar-refractivity contribution is -0.132. The maximum absolute atomic E-state index is 12.4. The van der Waals surface area contributed by atoms with Crippen LogP contribution < -0.4 is 5.32 Å². The first kappa shape index (κ1) is 20.0. The number of halogens is 2. The molecule has 1 aliphatic heterocycles. The van der Waals surface area contributed by atoms with Crippen LogP contribution in [-0.4, -0.2) is 59.9 Å². The van der Waals surface area contributed by atoms with Crippen molar-refractivity contribution in [3.8, 4) is 0 Å². The van der Waals surface area contributed by atoms with E-state index in [0.717, 1.165) is 5.56 Å². The molecule has 5 nitrogen and oxygen atoms in total. The maximum atomic E-state index is 12.4. The van der Waals surface area contributed by atoms with Gasteiger partial charge in [0.25, 0.3) is 0 Å². The van der Waals surface area contributed by atoms with Crippen LogP contribution in [0.3, 0.4) is 0 Å². The van der Waals surface area contributed by atoms with E-state index < -0.39 is 0 Å². The van der Waals surface area contributed by atoms with Crippen molar-refractivity contribution in [2.24, 2.45) is 0 Å². The second-order valence-corrected chi connectivity index (χ2v) is 8.19. The third kappa shape index (κ3) is 6.49. The van der Waals surface area contributed by atoms with Crippen molar-refractivity contribution in [3.63, 3.8) is 0 Å². The Morgan fingerprint density at radius 3 is 2.28 bits per heavy atom. The molecular weight excluding hydrogens is 361 g/mol. The zero-order valence-electron chi connectivity index (χ0n) is 14.9. The van der Waals surface area contributed by atoms with Gasteiger partial charge < -0.3 is 10.2 Å². The number of nitrogens with one attached hydrogen (secondary N) is 1. The number of rotatable bonds is 4. The number of carbonyl (C=O) groups is 2. The van der Waals surface area contributed by atoms with Gasteiger partial charge in [-0.05, 0) is 38.5 Å². The van der Waals surface area contributed by atoms with Crippen LogP contribution in [-0.2, 0) is 16.0 Å². The molecule has 1 aliphatic rings. The standard InChI is InChI=1S/C18H25Cl2N3O2/c1-18(2,3)21-16(24)12-22-6-8-23(9-7-22)17(25)11-13-4-5-14(19)15(20)10-13/h4-5,10H,6-9,11-12H2,1-3H3,(H,21,24). The van der Waals surface area contributed by atoms with Crippen molar-refractivity contribution in [1.82, 2.24) is 15.1 Å². The average Bonchev–Trinajstić information content (AvgIpc) is 2.49. The summed E-state index contributed by atoms with van der Waals surface area (Å²) in [6.45, 7) is 8.91. The Morgan fingerprint density at radius 1 is 1.08 bits per heavy atom. The summed E-state index contributed by atoms with van der Waals surface area (Å²) in [6.07, 6.45) is 0.307. The van der Waals surface area contributed by atoms with Gasteiger partial charge in [0.05, 0.1) is 23.0 Å². The minimum Gasteiger partial charge on any atom is -0.350 e. The molecule has 0 saturated carbocycles. The fraction of sp³-hybridized carbons (Fsp3) is 0.556. The lowest BCUT2D eigenvalue weighted by atomic mass is 10.1. The third-order valence-corrected chi connectivity index (χ3v) is 4.69. The molecule has 7 heteroatoms. The Hall–Kier alpha value is -1.30. The van der Waals surface area contributed by atoms with Gasteiger partial charge in [0, 0.05) is 31.7 Å². The smallest absolute Gasteiger partial charge is 0.234 e. The summed E-state index contributed by atoms with van der Waals surface area (Å²) in [5.41, 5.74) is 0.626. The van der Waals surface area contributed by atoms with Crippen LogP contribution in [0.1, 0.15) is 26.3 Å². The summed E-state index contributed by atoms with van der Waals surface area (Å²) < 4.78 is 0. The van der Waals surface area contributed by atoms with Crippen molar-refractivity contribution in [1.29, 1.82) is 0 Å². The van der Waals surface area contributed by atoms with Crippen LogP contribution in [0, 0.1) is 0 Å². The molecule has 138 valence electrons. The lowest BCUT2D eigenvalue weighted by Crippen LogP contribution is -2.53. The molecule has 1 saturated heterocycles. The van der Waals surface area contributed by atoms with Crippen LogP contribution in [0.5, 0.6) is 0 Å². The van der Waals surface area contributed by atoms with E-state index in [1.54, 1.807) is 12.1 Å². The number of benzene rings is 1. The number of hydrogen-bond donors (Lipinski definition) is 1. The summed E-state index contributed by atoms with van der Waals surface area (Å²) in [4.78, 5) is 28.3. The summed E-state index contributed by atoms with van der Waals surface area (Å²) in [7, 11) is 0. The second-order valence-electron chi connectivity index (χ2n) is 7.38. The largest absolute Gasteiger partial charge is 0.350 e. The second kappa shape index (κ2) is 8.39. The molecule has 1 heterocycles. The molecule has 0 atom stereocenters. The lowest BCUT2D eigenvalue weighted by Gasteiger charge is -2.35. The fourth-order valence-corrected chi connectivity index (χ4v) is 3.07. The molecule has 1 aromatic rings. The van der Waals surface area contributed by atoms with Crippen molar-refractivity contribution in [2.45, 2.75) is 32.7 Å². The highest BCUT2D eigenvalue weighted by Crippen LogP contribution is 2.23. The van der Waals surface area contributed by atoms with Crippen molar-refractivity contribution >= 4 is 35.0 Å². The Morgan fingerprint density at radius 2 is 1.72 bits per heavy atom. The first-order valence-electron chi connectivity index (χ1n) is 8.39. The molecule has 0 unspecified atom stereocenters. The molecule has 0 aliphatic carbocycles. The Labute approximate surface area is 159 Å². The Bertz CT molecular complexity index is 636. The van der Waals surface area contributed by atoms with Crippen molar-refractivity contribution < 1.29 is 9.59 Å². The van der Waals surface area contributed by atoms with Crippen LogP contribution >= 0.6 is 23.2 Å². The van der Waals surface area contributed by atoms with Crippen LogP contribution in [0.4, 0.5) is 0 Å². The SMILES string of the molecule is CC(C)(C)NC(=O)CN1CCN(C(=O)Cc2ccc(Cl)c(Cl)c2)CC1. The molecule has 1 fully saturated rings. The first-order chi connectivity index (χ1) is 11.6. The fourth-order valence-electron chi connectivity index (χ4n) is 2.75. The molecule has 25 heavy (non-hydrogen) atoms. The van der Waals surface area contributed by atoms with Gasteiger partial charge in [0.1, 0.15) is 0 Å². The zero-order chi connectivity index (χ0) is 18.6. The molecule has 1 aromatic carbocycles. The summed E-state index contributed by atoms with van der Waals surface area (Å²) >= 11 is 11.9. The predicted octanol–water partition coefficient (Wildman–Crippen LogP) is 2.59. The summed E-state index contributed by atoms with van der Waals surface area (Å²) in [5.74, 6) is 0.0836. The Kier molecular flexibility index (Phi) is 6.72. The van der Waals surface area contributed by atoms with E-state index in [9.17, 15) is 9.59 Å². The van der Waals surface area contributed by atoms with E-state index in [0.29, 0.717) is 49.2 Å². The molecular formula is C18H25Cl2N3O2. The van der Waals surface area contributed by atoms with Crippen molar-refractivity contribution in [3.05, 3.63) is 33.8 Å². The topological polar surface area (TPSA) is 52.7 Å². The normalized spacial score (nSPS) is 16.0. The van der Waals surface area contributed by atoms with Gasteiger partial charge in [-0.2, -0.15) is 0 Å². The number of nitrogens with zero attached hydrogens (tertiary/aromatic N) is 2. The third-order valence-electron chi connectivity index (χ3n) is 3.95. The average molecular weight is 386 g/mol. The Balaban J connectivity index is 1.80. The van der Waals surface area contributed by atoms with Gasteiger partial charge in [-0.15, -0.1) is 0 Å². The van der Waals surface area contributed by atoms with E-state index >= 15 is 0 Å². The van der Waals surface area contributed by atoms with E-state index in [1.165, 1.54) is 0 Å². The van der Waals surface area contributed by atoms with E-state index in [-0.39, 0.29) is 17.4 Å². The number of carbonyl (C=O) groups excluding carboxylic acids is 2. The molecule has 0 bridgehead atoms. The molecule has 0 aromatic heterocycles. The van der Waals surface area contributed by atoms with Gasteiger partial charge in [-0.3, -0.25) is 14.5 Å². The molecule has 2 rings (SSSR count). The quantitative estimate of drug-likeness (QED) is 0.866. The first-order valence-corrected chi connectivity index (χ1v) is 9.15. The highest BCUT2D eigenvalue weighted by molar-refractivity contribution is 6.42. The maximum Gasteiger partial charge on any atom is 0.234 e. The van der Waals surface area contributed by atoms with Gasteiger partial charge in [-0.1, -0.05) is 29.3 Å². The number of hydrogen-bond acceptors (Lipinski definition) is 3. The minimum absolute atomic E-state index is 0.0167. The van der Waals surface area contributed by atoms with E-state index in [2.05, 4.69) is 10.2 Å². The van der Waals surface area contributed by atoms with E-state index in [1.807, 2.05) is 31.7 Å². The van der Waals surface area contributed by atoms with Crippen molar-refractivity contribution in [2.75, 3.05) is 32.7 Å². The van der Waals surface area contributed by atoms with Crippen LogP contribution in [0.15, 0.2) is 18.2 Å². The zero-order valence-corrected chi connectivity index (χ0v) is 16.5. The van der Waals surface area contributed by atoms with Gasteiger partial charge >= 0.3 is 0 Å². The molecule has 0 spiro atoms. The minimum atomic E-state index is -0.227. The van der Waals surface area contributed by atoms with Crippen LogP contribution in [0.25, 0.3) is 0 Å². The van der Waals surface area contributed by atoms with Gasteiger partial charge in [0.15, 0.2) is 0 Å². The molecule has 0 radical (unpaired) electrons. The van der Waals surface area contributed by atoms with Gasteiger partial charge in [-0.25, -0.2) is 0 Å². The summed E-state index contributed by atoms with van der Waals surface area (Å²) in [5, 5.41) is 3.90. The number of amides is 2. The molecule has 1 N–H and O–H groups in total. The number of piperazine rings is 1. The molecule has 2 amide bonds. The highest BCUT2D eigenvalue weighted by Gasteiger charge is 2.23. The van der Waals surface area contributed by atoms with Gasteiger partial charge in [0.2, 0.25) is 11.8 Å². The predicted molar refractivity (Wildman–Crippen MR) is 101 cm³/mol. The monoisotopic (exact) mass is 385 g/mol. The summed E-state index contributed by atoms with van der Waals surface area (Å²) in [6, 6.07) is 5.26.